The first-order chi connectivity index (χ1) is 19.8. The van der Waals surface area contributed by atoms with Gasteiger partial charge in [-0.3, -0.25) is 9.69 Å². The molecule has 0 radical (unpaired) electrons. The molecule has 6 nitrogen and oxygen atoms in total. The average molecular weight is 551 g/mol. The Morgan fingerprint density at radius 2 is 1.95 bits per heavy atom. The summed E-state index contributed by atoms with van der Waals surface area (Å²) in [6.45, 7) is 3.76. The van der Waals surface area contributed by atoms with Crippen molar-refractivity contribution in [3.05, 3.63) is 101 Å². The minimum Gasteiger partial charge on any atom is -0.504 e. The fourth-order valence-corrected chi connectivity index (χ4v) is 8.41. The number of likely N-dealkylation sites (N-methyl/N-ethyl adjacent to an activating group) is 1. The number of aromatic hydroxyl groups is 1. The summed E-state index contributed by atoms with van der Waals surface area (Å²) in [4.78, 5) is 17.7. The molecule has 2 bridgehead atoms. The van der Waals surface area contributed by atoms with Gasteiger partial charge in [0.15, 0.2) is 11.5 Å². The SMILES string of the molecule is Cc1cccc(C=CC(=O)N(C)[C@@H]2CC[C@@]3(O)[C@H]4Cc5ccc(O)c6c5[C@@]3(CCN4CCc3ccccc3)[C@H]2O6)c1. The Kier molecular flexibility index (Phi) is 6.25. The Bertz CT molecular complexity index is 1520. The molecule has 2 aliphatic heterocycles. The third-order valence-corrected chi connectivity index (χ3v) is 10.4. The molecule has 1 spiro atoms. The van der Waals surface area contributed by atoms with Gasteiger partial charge in [-0.1, -0.05) is 66.2 Å². The molecule has 6 heteroatoms. The van der Waals surface area contributed by atoms with Gasteiger partial charge in [-0.25, -0.2) is 0 Å². The largest absolute Gasteiger partial charge is 0.504 e. The van der Waals surface area contributed by atoms with E-state index >= 15 is 0 Å². The molecule has 2 fully saturated rings. The van der Waals surface area contributed by atoms with Crippen molar-refractivity contribution < 1.29 is 19.7 Å². The molecular weight excluding hydrogens is 512 g/mol. The van der Waals surface area contributed by atoms with Gasteiger partial charge < -0.3 is 19.8 Å². The topological polar surface area (TPSA) is 73.2 Å². The highest BCUT2D eigenvalue weighted by molar-refractivity contribution is 5.92. The lowest BCUT2D eigenvalue weighted by molar-refractivity contribution is -0.199. The van der Waals surface area contributed by atoms with Crippen LogP contribution in [0.4, 0.5) is 0 Å². The van der Waals surface area contributed by atoms with E-state index < -0.39 is 17.1 Å². The van der Waals surface area contributed by atoms with Gasteiger partial charge >= 0.3 is 0 Å². The maximum absolute atomic E-state index is 13.5. The molecule has 2 aliphatic carbocycles. The molecule has 2 N–H and O–H groups in total. The fourth-order valence-electron chi connectivity index (χ4n) is 8.41. The van der Waals surface area contributed by atoms with Gasteiger partial charge in [-0.05, 0) is 74.4 Å². The van der Waals surface area contributed by atoms with E-state index in [-0.39, 0.29) is 23.7 Å². The van der Waals surface area contributed by atoms with Gasteiger partial charge in [0.25, 0.3) is 0 Å². The number of phenolic OH excluding ortho intramolecular Hbond substituents is 1. The van der Waals surface area contributed by atoms with Crippen LogP contribution in [-0.4, -0.2) is 69.8 Å². The normalized spacial score (nSPS) is 29.7. The van der Waals surface area contributed by atoms with Gasteiger partial charge in [0.2, 0.25) is 5.91 Å². The zero-order chi connectivity index (χ0) is 28.4. The van der Waals surface area contributed by atoms with Crippen LogP contribution in [0.2, 0.25) is 0 Å². The van der Waals surface area contributed by atoms with Gasteiger partial charge in [-0.2, -0.15) is 0 Å². The number of ether oxygens (including phenoxy) is 1. The van der Waals surface area contributed by atoms with Crippen molar-refractivity contribution in [2.24, 2.45) is 0 Å². The summed E-state index contributed by atoms with van der Waals surface area (Å²) in [6, 6.07) is 22.1. The molecular formula is C35H38N2O4. The molecule has 7 rings (SSSR count). The molecule has 1 saturated carbocycles. The molecule has 3 aromatic rings. The van der Waals surface area contributed by atoms with Crippen molar-refractivity contribution in [3.8, 4) is 11.5 Å². The van der Waals surface area contributed by atoms with Crippen LogP contribution in [-0.2, 0) is 23.1 Å². The average Bonchev–Trinajstić information content (AvgIpc) is 3.33. The number of rotatable bonds is 6. The van der Waals surface area contributed by atoms with Crippen molar-refractivity contribution >= 4 is 12.0 Å². The molecule has 4 aliphatic rings. The standard InChI is InChI=1S/C35H38N2O4/c1-23-7-6-10-25(21-23)11-14-30(39)36(2)27-15-17-35(40)29-22-26-12-13-28(38)32-31(26)34(35,33(27)41-32)18-20-37(29)19-16-24-8-4-3-5-9-24/h3-14,21,27,29,33,38,40H,15-20,22H2,1-2H3/t27-,29-,33+,34+,35-/m1/s1. The van der Waals surface area contributed by atoms with E-state index in [1.165, 1.54) is 5.56 Å². The fraction of sp³-hybridized carbons (Fsp3) is 0.400. The number of aryl methyl sites for hydroxylation is 1. The van der Waals surface area contributed by atoms with E-state index in [1.54, 1.807) is 17.0 Å². The third kappa shape index (κ3) is 3.95. The number of phenols is 1. The molecule has 5 atom stereocenters. The molecule has 2 heterocycles. The smallest absolute Gasteiger partial charge is 0.246 e. The number of benzene rings is 3. The van der Waals surface area contributed by atoms with Crippen LogP contribution in [0.25, 0.3) is 6.08 Å². The zero-order valence-electron chi connectivity index (χ0n) is 23.8. The monoisotopic (exact) mass is 550 g/mol. The Morgan fingerprint density at radius 1 is 1.12 bits per heavy atom. The summed E-state index contributed by atoms with van der Waals surface area (Å²) in [5.41, 5.74) is 3.89. The maximum atomic E-state index is 13.5. The number of aliphatic hydroxyl groups is 1. The highest BCUT2D eigenvalue weighted by Crippen LogP contribution is 2.65. The van der Waals surface area contributed by atoms with Crippen molar-refractivity contribution in [2.45, 2.75) is 68.2 Å². The zero-order valence-corrected chi connectivity index (χ0v) is 23.8. The number of likely N-dealkylation sites (tertiary alicyclic amines) is 1. The quantitative estimate of drug-likeness (QED) is 0.438. The number of nitrogens with zero attached hydrogens (tertiary/aromatic N) is 2. The molecule has 0 aromatic heterocycles. The Morgan fingerprint density at radius 3 is 2.76 bits per heavy atom. The van der Waals surface area contributed by atoms with Gasteiger partial charge in [-0.15, -0.1) is 0 Å². The summed E-state index contributed by atoms with van der Waals surface area (Å²) in [6.07, 6.45) is 6.66. The van der Waals surface area contributed by atoms with Crippen LogP contribution in [0.15, 0.2) is 72.8 Å². The Balaban J connectivity index is 1.21. The minimum absolute atomic E-state index is 0.0442. The Labute approximate surface area is 241 Å². The van der Waals surface area contributed by atoms with Gasteiger partial charge in [0, 0.05) is 31.3 Å². The van der Waals surface area contributed by atoms with Crippen molar-refractivity contribution in [3.63, 3.8) is 0 Å². The van der Waals surface area contributed by atoms with Crippen molar-refractivity contribution in [1.82, 2.24) is 9.80 Å². The number of amides is 1. The van der Waals surface area contributed by atoms with Crippen LogP contribution in [0.1, 0.15) is 47.1 Å². The van der Waals surface area contributed by atoms with E-state index in [9.17, 15) is 15.0 Å². The molecule has 0 unspecified atom stereocenters. The van der Waals surface area contributed by atoms with Gasteiger partial charge in [0.1, 0.15) is 6.10 Å². The summed E-state index contributed by atoms with van der Waals surface area (Å²) in [7, 11) is 1.84. The summed E-state index contributed by atoms with van der Waals surface area (Å²) in [5, 5.41) is 23.7. The predicted molar refractivity (Wildman–Crippen MR) is 159 cm³/mol. The van der Waals surface area contributed by atoms with Crippen molar-refractivity contribution in [1.29, 1.82) is 0 Å². The molecule has 212 valence electrons. The van der Waals surface area contributed by atoms with Gasteiger partial charge in [0.05, 0.1) is 17.1 Å². The molecule has 1 saturated heterocycles. The lowest BCUT2D eigenvalue weighted by atomic mass is 9.48. The predicted octanol–water partition coefficient (Wildman–Crippen LogP) is 4.64. The van der Waals surface area contributed by atoms with Crippen molar-refractivity contribution in [2.75, 3.05) is 20.1 Å². The number of hydrogen-bond donors (Lipinski definition) is 2. The van der Waals surface area contributed by atoms with Crippen LogP contribution in [0.3, 0.4) is 0 Å². The summed E-state index contributed by atoms with van der Waals surface area (Å²) in [5.74, 6) is 0.534. The second kappa shape index (κ2) is 9.74. The molecule has 3 aromatic carbocycles. The number of carbonyl (C=O) groups is 1. The number of piperidine rings is 1. The van der Waals surface area contributed by atoms with Crippen LogP contribution in [0.5, 0.6) is 11.5 Å². The third-order valence-electron chi connectivity index (χ3n) is 10.4. The number of hydrogen-bond acceptors (Lipinski definition) is 5. The first kappa shape index (κ1) is 26.3. The van der Waals surface area contributed by atoms with E-state index in [4.69, 9.17) is 4.74 Å². The minimum atomic E-state index is -1.00. The molecule has 41 heavy (non-hydrogen) atoms. The lowest BCUT2D eigenvalue weighted by Gasteiger charge is -2.64. The first-order valence-electron chi connectivity index (χ1n) is 14.9. The highest BCUT2D eigenvalue weighted by Gasteiger charge is 2.73. The van der Waals surface area contributed by atoms with Crippen LogP contribution in [0, 0.1) is 6.92 Å². The summed E-state index contributed by atoms with van der Waals surface area (Å²) >= 11 is 0. The van der Waals surface area contributed by atoms with Crippen LogP contribution >= 0.6 is 0 Å². The second-order valence-electron chi connectivity index (χ2n) is 12.4. The highest BCUT2D eigenvalue weighted by atomic mass is 16.5. The maximum Gasteiger partial charge on any atom is 0.246 e. The van der Waals surface area contributed by atoms with Crippen LogP contribution < -0.4 is 4.74 Å². The van der Waals surface area contributed by atoms with E-state index in [1.807, 2.05) is 50.4 Å². The second-order valence-corrected chi connectivity index (χ2v) is 12.4. The number of carbonyl (C=O) groups excluding carboxylic acids is 1. The first-order valence-corrected chi connectivity index (χ1v) is 14.9. The summed E-state index contributed by atoms with van der Waals surface area (Å²) < 4.78 is 6.66. The van der Waals surface area contributed by atoms with E-state index in [2.05, 4.69) is 35.2 Å². The van der Waals surface area contributed by atoms with E-state index in [0.29, 0.717) is 18.6 Å². The van der Waals surface area contributed by atoms with E-state index in [0.717, 1.165) is 54.6 Å². The Hall–Kier alpha value is -3.61. The lowest BCUT2D eigenvalue weighted by Crippen LogP contribution is -2.78. The molecule has 1 amide bonds.